The summed E-state index contributed by atoms with van der Waals surface area (Å²) in [6.45, 7) is 4.29. The summed E-state index contributed by atoms with van der Waals surface area (Å²) in [5, 5.41) is 16.4. The van der Waals surface area contributed by atoms with E-state index in [4.69, 9.17) is 17.3 Å². The van der Waals surface area contributed by atoms with Crippen molar-refractivity contribution in [2.45, 2.75) is 44.7 Å². The Morgan fingerprint density at radius 1 is 1.41 bits per heavy atom. The minimum absolute atomic E-state index is 0.147. The lowest BCUT2D eigenvalue weighted by Gasteiger charge is -2.30. The molecule has 0 heterocycles. The van der Waals surface area contributed by atoms with Crippen LogP contribution in [0.1, 0.15) is 33.1 Å². The zero-order valence-electron chi connectivity index (χ0n) is 10.6. The van der Waals surface area contributed by atoms with E-state index in [1.807, 2.05) is 0 Å². The highest BCUT2D eigenvalue weighted by Crippen LogP contribution is 2.38. The van der Waals surface area contributed by atoms with Crippen LogP contribution in [0.2, 0.25) is 0 Å². The van der Waals surface area contributed by atoms with Gasteiger partial charge >= 0.3 is 0 Å². The first-order valence-electron chi connectivity index (χ1n) is 6.38. The number of allylic oxidation sites excluding steroid dienone is 1. The summed E-state index contributed by atoms with van der Waals surface area (Å²) in [5.41, 5.74) is -0.147. The van der Waals surface area contributed by atoms with Crippen molar-refractivity contribution in [1.82, 2.24) is 10.6 Å². The summed E-state index contributed by atoms with van der Waals surface area (Å²) in [7, 11) is 0. The van der Waals surface area contributed by atoms with Gasteiger partial charge in [0, 0.05) is 18.2 Å². The van der Waals surface area contributed by atoms with Crippen molar-refractivity contribution in [2.24, 2.45) is 11.8 Å². The largest absolute Gasteiger partial charge is 0.396 e. The van der Waals surface area contributed by atoms with Gasteiger partial charge in [0.1, 0.15) is 0 Å². The van der Waals surface area contributed by atoms with Gasteiger partial charge in [0.2, 0.25) is 0 Å². The molecule has 0 aromatic heterocycles. The lowest BCUT2D eigenvalue weighted by Crippen LogP contribution is -2.51. The van der Waals surface area contributed by atoms with Crippen LogP contribution in [0.4, 0.5) is 0 Å². The van der Waals surface area contributed by atoms with E-state index in [1.165, 1.54) is 12.8 Å². The summed E-state index contributed by atoms with van der Waals surface area (Å²) < 4.78 is 0. The topological polar surface area (TPSA) is 44.3 Å². The molecule has 3 atom stereocenters. The summed E-state index contributed by atoms with van der Waals surface area (Å²) >= 11 is 5.34. The van der Waals surface area contributed by atoms with Crippen LogP contribution in [0.15, 0.2) is 12.2 Å². The minimum Gasteiger partial charge on any atom is -0.396 e. The summed E-state index contributed by atoms with van der Waals surface area (Å²) in [6, 6.07) is 0.495. The van der Waals surface area contributed by atoms with E-state index in [9.17, 15) is 0 Å². The molecule has 0 saturated heterocycles. The second-order valence-electron chi connectivity index (χ2n) is 5.84. The van der Waals surface area contributed by atoms with E-state index < -0.39 is 0 Å². The van der Waals surface area contributed by atoms with Gasteiger partial charge < -0.3 is 15.7 Å². The Hall–Kier alpha value is -0.610. The molecule has 2 aliphatic carbocycles. The fraction of sp³-hybridized carbons (Fsp3) is 0.769. The smallest absolute Gasteiger partial charge is 0.166 e. The summed E-state index contributed by atoms with van der Waals surface area (Å²) in [5.74, 6) is 1.41. The van der Waals surface area contributed by atoms with Gasteiger partial charge in [0.25, 0.3) is 0 Å². The van der Waals surface area contributed by atoms with Crippen LogP contribution in [-0.4, -0.2) is 28.4 Å². The molecule has 2 rings (SSSR count). The highest BCUT2D eigenvalue weighted by Gasteiger charge is 2.36. The quantitative estimate of drug-likeness (QED) is 0.526. The first kappa shape index (κ1) is 12.8. The van der Waals surface area contributed by atoms with Crippen LogP contribution in [0.25, 0.3) is 0 Å². The fourth-order valence-corrected chi connectivity index (χ4v) is 3.23. The molecule has 3 nitrogen and oxygen atoms in total. The molecule has 0 unspecified atom stereocenters. The van der Waals surface area contributed by atoms with Crippen molar-refractivity contribution >= 4 is 17.3 Å². The minimum atomic E-state index is -0.147. The molecular formula is C13H22N2OS. The number of fused-ring (bicyclic) bond motifs is 2. The van der Waals surface area contributed by atoms with E-state index in [0.29, 0.717) is 18.4 Å². The zero-order valence-corrected chi connectivity index (χ0v) is 11.4. The molecule has 0 spiro atoms. The molecule has 1 fully saturated rings. The van der Waals surface area contributed by atoms with Crippen LogP contribution >= 0.6 is 12.2 Å². The number of aliphatic hydroxyl groups is 1. The fourth-order valence-electron chi connectivity index (χ4n) is 2.80. The lowest BCUT2D eigenvalue weighted by atomic mass is 10.0. The third-order valence-corrected chi connectivity index (χ3v) is 4.00. The van der Waals surface area contributed by atoms with Gasteiger partial charge in [-0.15, -0.1) is 0 Å². The number of hydrogen-bond donors (Lipinski definition) is 3. The van der Waals surface area contributed by atoms with Crippen molar-refractivity contribution in [3.05, 3.63) is 12.2 Å². The second kappa shape index (κ2) is 4.94. The molecule has 2 bridgehead atoms. The Morgan fingerprint density at radius 3 is 2.71 bits per heavy atom. The van der Waals surface area contributed by atoms with E-state index >= 15 is 0 Å². The van der Waals surface area contributed by atoms with Crippen LogP contribution in [0.5, 0.6) is 0 Å². The normalized spacial score (nSPS) is 30.6. The van der Waals surface area contributed by atoms with Gasteiger partial charge in [-0.3, -0.25) is 0 Å². The number of aliphatic hydroxyl groups excluding tert-OH is 1. The van der Waals surface area contributed by atoms with Crippen molar-refractivity contribution in [2.75, 3.05) is 6.61 Å². The highest BCUT2D eigenvalue weighted by molar-refractivity contribution is 7.80. The van der Waals surface area contributed by atoms with E-state index in [2.05, 4.69) is 36.6 Å². The maximum atomic E-state index is 8.97. The molecule has 0 amide bonds. The molecule has 0 aliphatic heterocycles. The van der Waals surface area contributed by atoms with Crippen molar-refractivity contribution in [1.29, 1.82) is 0 Å². The predicted molar refractivity (Wildman–Crippen MR) is 73.8 cm³/mol. The standard InChI is InChI=1S/C13H22N2OS/c1-13(2,5-6-16)15-12(17)14-11-8-9-3-4-10(11)7-9/h3-4,9-11,16H,5-8H2,1-2H3,(H2,14,15,17)/t9-,10-,11+/m1/s1. The Kier molecular flexibility index (Phi) is 3.73. The number of thiocarbonyl (C=S) groups is 1. The molecule has 1 saturated carbocycles. The van der Waals surface area contributed by atoms with Gasteiger partial charge in [0.05, 0.1) is 0 Å². The molecule has 2 aliphatic rings. The van der Waals surface area contributed by atoms with Crippen LogP contribution in [-0.2, 0) is 0 Å². The monoisotopic (exact) mass is 254 g/mol. The van der Waals surface area contributed by atoms with Gasteiger partial charge in [-0.05, 0) is 57.2 Å². The van der Waals surface area contributed by atoms with Gasteiger partial charge in [-0.2, -0.15) is 0 Å². The zero-order chi connectivity index (χ0) is 12.5. The first-order chi connectivity index (χ1) is 8.00. The number of hydrogen-bond acceptors (Lipinski definition) is 2. The molecular weight excluding hydrogens is 232 g/mol. The average molecular weight is 254 g/mol. The molecule has 0 radical (unpaired) electrons. The Labute approximate surface area is 109 Å². The van der Waals surface area contributed by atoms with Gasteiger partial charge in [-0.1, -0.05) is 12.2 Å². The average Bonchev–Trinajstić information content (AvgIpc) is 2.77. The van der Waals surface area contributed by atoms with E-state index in [-0.39, 0.29) is 12.1 Å². The first-order valence-corrected chi connectivity index (χ1v) is 6.79. The summed E-state index contributed by atoms with van der Waals surface area (Å²) in [4.78, 5) is 0. The van der Waals surface area contributed by atoms with E-state index in [1.54, 1.807) is 0 Å². The second-order valence-corrected chi connectivity index (χ2v) is 6.25. The summed E-state index contributed by atoms with van der Waals surface area (Å²) in [6.07, 6.45) is 7.82. The van der Waals surface area contributed by atoms with Crippen molar-refractivity contribution in [3.8, 4) is 0 Å². The number of rotatable bonds is 4. The van der Waals surface area contributed by atoms with Crippen LogP contribution in [0, 0.1) is 11.8 Å². The Morgan fingerprint density at radius 2 is 2.18 bits per heavy atom. The molecule has 3 N–H and O–H groups in total. The highest BCUT2D eigenvalue weighted by atomic mass is 32.1. The van der Waals surface area contributed by atoms with Crippen molar-refractivity contribution < 1.29 is 5.11 Å². The Bertz CT molecular complexity index is 327. The van der Waals surface area contributed by atoms with Crippen molar-refractivity contribution in [3.63, 3.8) is 0 Å². The third kappa shape index (κ3) is 3.19. The predicted octanol–water partition coefficient (Wildman–Crippen LogP) is 1.58. The lowest BCUT2D eigenvalue weighted by molar-refractivity contribution is 0.244. The van der Waals surface area contributed by atoms with Gasteiger partial charge in [-0.25, -0.2) is 0 Å². The molecule has 96 valence electrons. The van der Waals surface area contributed by atoms with Crippen LogP contribution in [0.3, 0.4) is 0 Å². The van der Waals surface area contributed by atoms with Gasteiger partial charge in [0.15, 0.2) is 5.11 Å². The molecule has 4 heteroatoms. The molecule has 0 aromatic carbocycles. The molecule has 0 aromatic rings. The van der Waals surface area contributed by atoms with E-state index in [0.717, 1.165) is 11.0 Å². The SMILES string of the molecule is CC(C)(CCO)NC(=S)N[C@H]1C[C@@H]2C=C[C@@H]1C2. The maximum absolute atomic E-state index is 8.97. The Balaban J connectivity index is 1.80. The number of nitrogens with one attached hydrogen (secondary N) is 2. The molecule has 17 heavy (non-hydrogen) atoms. The third-order valence-electron chi connectivity index (χ3n) is 3.78. The maximum Gasteiger partial charge on any atom is 0.166 e. The van der Waals surface area contributed by atoms with Crippen LogP contribution < -0.4 is 10.6 Å².